The van der Waals surface area contributed by atoms with E-state index in [1.165, 1.54) is 0 Å². The maximum Gasteiger partial charge on any atom is 0.0446 e. The van der Waals surface area contributed by atoms with Gasteiger partial charge in [-0.25, -0.2) is 0 Å². The van der Waals surface area contributed by atoms with Crippen LogP contribution in [0, 0.1) is 0 Å². The Balaban J connectivity index is 2.50. The molecule has 3 heteroatoms. The van der Waals surface area contributed by atoms with Crippen molar-refractivity contribution in [2.75, 3.05) is 33.3 Å². The van der Waals surface area contributed by atoms with Crippen molar-refractivity contribution in [2.24, 2.45) is 0 Å². The first kappa shape index (κ1) is 11.0. The molecule has 0 bridgehead atoms. The van der Waals surface area contributed by atoms with Gasteiger partial charge in [0.15, 0.2) is 0 Å². The van der Waals surface area contributed by atoms with Crippen LogP contribution in [-0.4, -0.2) is 60.3 Å². The van der Waals surface area contributed by atoms with E-state index < -0.39 is 0 Å². The molecule has 0 radical (unpaired) electrons. The summed E-state index contributed by atoms with van der Waals surface area (Å²) in [5.74, 6) is 0. The van der Waals surface area contributed by atoms with E-state index >= 15 is 0 Å². The Hall–Kier alpha value is -0.120. The monoisotopic (exact) mass is 186 g/mol. The van der Waals surface area contributed by atoms with Gasteiger partial charge in [-0.15, -0.1) is 0 Å². The Morgan fingerprint density at radius 2 is 2.08 bits per heavy atom. The number of nitrogens with zero attached hydrogens (tertiary/aromatic N) is 2. The van der Waals surface area contributed by atoms with Crippen LogP contribution >= 0.6 is 0 Å². The summed E-state index contributed by atoms with van der Waals surface area (Å²) in [6, 6.07) is 1.20. The lowest BCUT2D eigenvalue weighted by Crippen LogP contribution is -2.55. The van der Waals surface area contributed by atoms with Crippen molar-refractivity contribution in [3.8, 4) is 0 Å². The van der Waals surface area contributed by atoms with Gasteiger partial charge in [-0.1, -0.05) is 6.92 Å². The number of rotatable bonds is 3. The van der Waals surface area contributed by atoms with Gasteiger partial charge in [0.25, 0.3) is 0 Å². The van der Waals surface area contributed by atoms with Gasteiger partial charge in [0.05, 0.1) is 0 Å². The zero-order valence-electron chi connectivity index (χ0n) is 9.03. The molecule has 1 fully saturated rings. The molecular weight excluding hydrogens is 164 g/mol. The van der Waals surface area contributed by atoms with Crippen LogP contribution in [0.2, 0.25) is 0 Å². The summed E-state index contributed by atoms with van der Waals surface area (Å²) in [4.78, 5) is 4.85. The molecule has 0 amide bonds. The molecule has 3 nitrogen and oxygen atoms in total. The van der Waals surface area contributed by atoms with Crippen molar-refractivity contribution in [3.05, 3.63) is 0 Å². The predicted molar refractivity (Wildman–Crippen MR) is 54.8 cm³/mol. The van der Waals surface area contributed by atoms with Gasteiger partial charge in [0.2, 0.25) is 0 Å². The third kappa shape index (κ3) is 2.66. The lowest BCUT2D eigenvalue weighted by molar-refractivity contribution is 0.0429. The minimum absolute atomic E-state index is 0.309. The highest BCUT2D eigenvalue weighted by atomic mass is 16.3. The van der Waals surface area contributed by atoms with E-state index in [0.29, 0.717) is 18.7 Å². The van der Waals surface area contributed by atoms with Gasteiger partial charge in [-0.2, -0.15) is 0 Å². The van der Waals surface area contributed by atoms with Crippen LogP contribution in [0.3, 0.4) is 0 Å². The lowest BCUT2D eigenvalue weighted by Gasteiger charge is -2.43. The van der Waals surface area contributed by atoms with E-state index in [1.807, 2.05) is 0 Å². The highest BCUT2D eigenvalue weighted by Gasteiger charge is 2.27. The summed E-state index contributed by atoms with van der Waals surface area (Å²) in [5, 5.41) is 8.94. The molecule has 78 valence electrons. The summed E-state index contributed by atoms with van der Waals surface area (Å²) >= 11 is 0. The van der Waals surface area contributed by atoms with Crippen molar-refractivity contribution in [1.82, 2.24) is 9.80 Å². The van der Waals surface area contributed by atoms with Crippen LogP contribution in [0.5, 0.6) is 0 Å². The SMILES string of the molecule is CCN1CC(C)N(C)CC1CCO. The van der Waals surface area contributed by atoms with Crippen molar-refractivity contribution in [1.29, 1.82) is 0 Å². The quantitative estimate of drug-likeness (QED) is 0.691. The highest BCUT2D eigenvalue weighted by Crippen LogP contribution is 2.15. The van der Waals surface area contributed by atoms with Gasteiger partial charge in [0.1, 0.15) is 0 Å². The third-order valence-electron chi connectivity index (χ3n) is 3.13. The first-order valence-electron chi connectivity index (χ1n) is 5.24. The Morgan fingerprint density at radius 3 is 2.62 bits per heavy atom. The normalized spacial score (nSPS) is 32.3. The largest absolute Gasteiger partial charge is 0.396 e. The van der Waals surface area contributed by atoms with Crippen LogP contribution in [-0.2, 0) is 0 Å². The molecule has 0 aromatic rings. The van der Waals surface area contributed by atoms with Crippen LogP contribution in [0.25, 0.3) is 0 Å². The van der Waals surface area contributed by atoms with E-state index in [1.54, 1.807) is 0 Å². The van der Waals surface area contributed by atoms with Gasteiger partial charge in [-0.3, -0.25) is 4.90 Å². The number of aliphatic hydroxyl groups is 1. The standard InChI is InChI=1S/C10H22N2O/c1-4-12-7-9(2)11(3)8-10(12)5-6-13/h9-10,13H,4-8H2,1-3H3. The molecule has 0 aliphatic carbocycles. The van der Waals surface area contributed by atoms with Crippen molar-refractivity contribution in [3.63, 3.8) is 0 Å². The summed E-state index contributed by atoms with van der Waals surface area (Å²) in [6.07, 6.45) is 0.908. The molecule has 1 N–H and O–H groups in total. The van der Waals surface area contributed by atoms with E-state index in [9.17, 15) is 0 Å². The minimum atomic E-state index is 0.309. The molecular formula is C10H22N2O. The maximum atomic E-state index is 8.94. The summed E-state index contributed by atoms with van der Waals surface area (Å²) in [7, 11) is 2.17. The second kappa shape index (κ2) is 4.94. The van der Waals surface area contributed by atoms with Gasteiger partial charge >= 0.3 is 0 Å². The Bertz CT molecular complexity index is 152. The first-order chi connectivity index (χ1) is 6.19. The zero-order valence-corrected chi connectivity index (χ0v) is 9.03. The number of aliphatic hydroxyl groups excluding tert-OH is 1. The number of hydrogen-bond donors (Lipinski definition) is 1. The number of hydrogen-bond acceptors (Lipinski definition) is 3. The first-order valence-corrected chi connectivity index (χ1v) is 5.24. The fourth-order valence-electron chi connectivity index (χ4n) is 2.07. The van der Waals surface area contributed by atoms with E-state index in [-0.39, 0.29) is 0 Å². The smallest absolute Gasteiger partial charge is 0.0446 e. The maximum absolute atomic E-state index is 8.94. The van der Waals surface area contributed by atoms with Crippen molar-refractivity contribution >= 4 is 0 Å². The summed E-state index contributed by atoms with van der Waals surface area (Å²) in [6.45, 7) is 8.10. The molecule has 13 heavy (non-hydrogen) atoms. The molecule has 0 aromatic heterocycles. The number of likely N-dealkylation sites (N-methyl/N-ethyl adjacent to an activating group) is 2. The van der Waals surface area contributed by atoms with Crippen LogP contribution in [0.4, 0.5) is 0 Å². The molecule has 0 aromatic carbocycles. The molecule has 2 atom stereocenters. The molecule has 1 heterocycles. The van der Waals surface area contributed by atoms with Crippen molar-refractivity contribution in [2.45, 2.75) is 32.4 Å². The lowest BCUT2D eigenvalue weighted by atomic mass is 10.1. The summed E-state index contributed by atoms with van der Waals surface area (Å²) in [5.41, 5.74) is 0. The second-order valence-electron chi connectivity index (χ2n) is 4.04. The Kier molecular flexibility index (Phi) is 4.16. The van der Waals surface area contributed by atoms with Crippen LogP contribution in [0.15, 0.2) is 0 Å². The zero-order chi connectivity index (χ0) is 9.84. The summed E-state index contributed by atoms with van der Waals surface area (Å²) < 4.78 is 0. The van der Waals surface area contributed by atoms with Crippen LogP contribution < -0.4 is 0 Å². The van der Waals surface area contributed by atoms with E-state index in [0.717, 1.165) is 26.1 Å². The predicted octanol–water partition coefficient (Wildman–Crippen LogP) is 0.393. The average molecular weight is 186 g/mol. The molecule has 2 unspecified atom stereocenters. The Morgan fingerprint density at radius 1 is 1.38 bits per heavy atom. The molecule has 1 rings (SSSR count). The molecule has 1 aliphatic heterocycles. The highest BCUT2D eigenvalue weighted by molar-refractivity contribution is 4.84. The van der Waals surface area contributed by atoms with E-state index in [4.69, 9.17) is 5.11 Å². The average Bonchev–Trinajstić information content (AvgIpc) is 2.11. The van der Waals surface area contributed by atoms with E-state index in [2.05, 4.69) is 30.7 Å². The molecule has 0 spiro atoms. The third-order valence-corrected chi connectivity index (χ3v) is 3.13. The molecule has 1 aliphatic rings. The second-order valence-corrected chi connectivity index (χ2v) is 4.04. The fourth-order valence-corrected chi connectivity index (χ4v) is 2.07. The molecule has 1 saturated heterocycles. The van der Waals surface area contributed by atoms with Gasteiger partial charge in [-0.05, 0) is 26.9 Å². The molecule has 0 saturated carbocycles. The van der Waals surface area contributed by atoms with Gasteiger partial charge in [0, 0.05) is 31.8 Å². The minimum Gasteiger partial charge on any atom is -0.396 e. The topological polar surface area (TPSA) is 26.7 Å². The van der Waals surface area contributed by atoms with Crippen LogP contribution in [0.1, 0.15) is 20.3 Å². The number of piperazine rings is 1. The Labute approximate surface area is 81.3 Å². The fraction of sp³-hybridized carbons (Fsp3) is 1.00. The van der Waals surface area contributed by atoms with Gasteiger partial charge < -0.3 is 10.0 Å². The van der Waals surface area contributed by atoms with Crippen molar-refractivity contribution < 1.29 is 5.11 Å².